The second-order valence-corrected chi connectivity index (χ2v) is 7.12. The van der Waals surface area contributed by atoms with Crippen LogP contribution in [0.15, 0.2) is 36.5 Å². The standard InChI is InChI=1S/C23H40O6/c1-2-3-4-5-6-7-8-9-10-11-12-13-15-21(26)22(27)16-14-17-23(28)29-20(18-24)19-25/h6-7,9-10,12-13,20-22,24-27H,2-5,8,11,14-19H2,1H3/b7-6-,10-9-,13-12-. The predicted octanol–water partition coefficient (Wildman–Crippen LogP) is 3.19. The molecule has 6 heteroatoms. The normalized spacial score (nSPS) is 14.4. The van der Waals surface area contributed by atoms with Gasteiger partial charge >= 0.3 is 5.97 Å². The van der Waals surface area contributed by atoms with Crippen molar-refractivity contribution < 1.29 is 30.0 Å². The van der Waals surface area contributed by atoms with E-state index in [1.54, 1.807) is 0 Å². The average molecular weight is 413 g/mol. The van der Waals surface area contributed by atoms with Gasteiger partial charge in [-0.15, -0.1) is 0 Å². The number of carbonyl (C=O) groups is 1. The van der Waals surface area contributed by atoms with Gasteiger partial charge in [0.25, 0.3) is 0 Å². The zero-order valence-corrected chi connectivity index (χ0v) is 17.8. The van der Waals surface area contributed by atoms with E-state index in [4.69, 9.17) is 14.9 Å². The fraction of sp³-hybridized carbons (Fsp3) is 0.696. The number of esters is 1. The number of aliphatic hydroxyl groups excluding tert-OH is 4. The highest BCUT2D eigenvalue weighted by Crippen LogP contribution is 2.10. The van der Waals surface area contributed by atoms with Crippen molar-refractivity contribution in [3.8, 4) is 0 Å². The minimum absolute atomic E-state index is 0.0635. The van der Waals surface area contributed by atoms with Crippen LogP contribution in [0.4, 0.5) is 0 Å². The summed E-state index contributed by atoms with van der Waals surface area (Å²) in [4.78, 5) is 11.5. The van der Waals surface area contributed by atoms with Gasteiger partial charge in [-0.05, 0) is 44.9 Å². The van der Waals surface area contributed by atoms with Gasteiger partial charge < -0.3 is 25.2 Å². The highest BCUT2D eigenvalue weighted by atomic mass is 16.6. The molecule has 0 heterocycles. The first-order chi connectivity index (χ1) is 14.0. The Labute approximate surface area is 175 Å². The zero-order chi connectivity index (χ0) is 21.7. The third-order valence-corrected chi connectivity index (χ3v) is 4.43. The molecule has 0 aliphatic rings. The van der Waals surface area contributed by atoms with E-state index in [0.29, 0.717) is 12.8 Å². The molecule has 4 N–H and O–H groups in total. The summed E-state index contributed by atoms with van der Waals surface area (Å²) in [6.45, 7) is 1.34. The summed E-state index contributed by atoms with van der Waals surface area (Å²) in [5.41, 5.74) is 0. The highest BCUT2D eigenvalue weighted by molar-refractivity contribution is 5.69. The van der Waals surface area contributed by atoms with Crippen LogP contribution in [-0.4, -0.2) is 57.9 Å². The van der Waals surface area contributed by atoms with Crippen LogP contribution in [0.3, 0.4) is 0 Å². The van der Waals surface area contributed by atoms with Crippen LogP contribution in [-0.2, 0) is 9.53 Å². The zero-order valence-electron chi connectivity index (χ0n) is 17.8. The first-order valence-corrected chi connectivity index (χ1v) is 10.8. The van der Waals surface area contributed by atoms with E-state index >= 15 is 0 Å². The van der Waals surface area contributed by atoms with Crippen molar-refractivity contribution in [2.45, 2.75) is 89.4 Å². The molecule has 0 spiro atoms. The molecule has 0 amide bonds. The summed E-state index contributed by atoms with van der Waals surface area (Å²) >= 11 is 0. The molecular formula is C23H40O6. The van der Waals surface area contributed by atoms with Crippen LogP contribution in [0.1, 0.15) is 71.1 Å². The lowest BCUT2D eigenvalue weighted by molar-refractivity contribution is -0.153. The number of ether oxygens (including phenoxy) is 1. The van der Waals surface area contributed by atoms with Crippen LogP contribution in [0.2, 0.25) is 0 Å². The number of carbonyl (C=O) groups excluding carboxylic acids is 1. The Balaban J connectivity index is 3.80. The number of unbranched alkanes of at least 4 members (excludes halogenated alkanes) is 3. The Hall–Kier alpha value is -1.47. The van der Waals surface area contributed by atoms with E-state index < -0.39 is 37.5 Å². The maximum Gasteiger partial charge on any atom is 0.306 e. The van der Waals surface area contributed by atoms with Crippen LogP contribution in [0, 0.1) is 0 Å². The van der Waals surface area contributed by atoms with Crippen LogP contribution < -0.4 is 0 Å². The summed E-state index contributed by atoms with van der Waals surface area (Å²) in [6, 6.07) is 0. The minimum Gasteiger partial charge on any atom is -0.457 e. The summed E-state index contributed by atoms with van der Waals surface area (Å²) in [5.74, 6) is -0.540. The number of rotatable bonds is 18. The van der Waals surface area contributed by atoms with Gasteiger partial charge in [0, 0.05) is 6.42 Å². The number of allylic oxidation sites excluding steroid dienone is 5. The highest BCUT2D eigenvalue weighted by Gasteiger charge is 2.16. The fourth-order valence-corrected chi connectivity index (χ4v) is 2.59. The second-order valence-electron chi connectivity index (χ2n) is 7.12. The number of aliphatic hydroxyl groups is 4. The van der Waals surface area contributed by atoms with Gasteiger partial charge in [-0.25, -0.2) is 0 Å². The van der Waals surface area contributed by atoms with Crippen LogP contribution in [0.25, 0.3) is 0 Å². The first-order valence-electron chi connectivity index (χ1n) is 10.8. The molecule has 0 aliphatic carbocycles. The maximum absolute atomic E-state index is 11.5. The summed E-state index contributed by atoms with van der Waals surface area (Å²) in [5, 5.41) is 37.6. The second kappa shape index (κ2) is 19.8. The van der Waals surface area contributed by atoms with Crippen LogP contribution >= 0.6 is 0 Å². The third kappa shape index (κ3) is 17.1. The van der Waals surface area contributed by atoms with Crippen molar-refractivity contribution >= 4 is 5.97 Å². The summed E-state index contributed by atoms with van der Waals surface area (Å²) in [6.07, 6.45) is 17.4. The predicted molar refractivity (Wildman–Crippen MR) is 115 cm³/mol. The molecule has 0 radical (unpaired) electrons. The Morgan fingerprint density at radius 3 is 2.10 bits per heavy atom. The van der Waals surface area contributed by atoms with Gasteiger partial charge in [-0.3, -0.25) is 4.79 Å². The van der Waals surface area contributed by atoms with E-state index in [2.05, 4.69) is 31.2 Å². The smallest absolute Gasteiger partial charge is 0.306 e. The van der Waals surface area contributed by atoms with Gasteiger partial charge in [-0.2, -0.15) is 0 Å². The van der Waals surface area contributed by atoms with Crippen molar-refractivity contribution in [2.24, 2.45) is 0 Å². The molecule has 0 aromatic rings. The molecule has 0 saturated carbocycles. The molecule has 0 fully saturated rings. The van der Waals surface area contributed by atoms with E-state index in [0.717, 1.165) is 19.3 Å². The van der Waals surface area contributed by atoms with Crippen molar-refractivity contribution in [3.05, 3.63) is 36.5 Å². The van der Waals surface area contributed by atoms with Crippen molar-refractivity contribution in [1.29, 1.82) is 0 Å². The topological polar surface area (TPSA) is 107 Å². The molecule has 0 bridgehead atoms. The summed E-state index contributed by atoms with van der Waals surface area (Å²) in [7, 11) is 0. The maximum atomic E-state index is 11.5. The van der Waals surface area contributed by atoms with Gasteiger partial charge in [0.15, 0.2) is 0 Å². The fourth-order valence-electron chi connectivity index (χ4n) is 2.59. The van der Waals surface area contributed by atoms with E-state index in [-0.39, 0.29) is 12.8 Å². The lowest BCUT2D eigenvalue weighted by atomic mass is 10.0. The molecule has 29 heavy (non-hydrogen) atoms. The Morgan fingerprint density at radius 1 is 0.862 bits per heavy atom. The first kappa shape index (κ1) is 27.5. The van der Waals surface area contributed by atoms with Gasteiger partial charge in [0.05, 0.1) is 25.4 Å². The Morgan fingerprint density at radius 2 is 1.48 bits per heavy atom. The summed E-state index contributed by atoms with van der Waals surface area (Å²) < 4.78 is 4.83. The van der Waals surface area contributed by atoms with Gasteiger partial charge in [-0.1, -0.05) is 56.2 Å². The molecule has 0 aromatic heterocycles. The van der Waals surface area contributed by atoms with Crippen LogP contribution in [0.5, 0.6) is 0 Å². The molecule has 0 aliphatic heterocycles. The molecule has 2 unspecified atom stereocenters. The van der Waals surface area contributed by atoms with E-state index in [1.807, 2.05) is 12.2 Å². The van der Waals surface area contributed by atoms with Gasteiger partial charge in [0.2, 0.25) is 0 Å². The minimum atomic E-state index is -0.910. The quantitative estimate of drug-likeness (QED) is 0.156. The van der Waals surface area contributed by atoms with Crippen molar-refractivity contribution in [3.63, 3.8) is 0 Å². The molecular weight excluding hydrogens is 372 g/mol. The largest absolute Gasteiger partial charge is 0.457 e. The molecule has 0 aromatic carbocycles. The molecule has 2 atom stereocenters. The molecule has 6 nitrogen and oxygen atoms in total. The Bertz CT molecular complexity index is 468. The van der Waals surface area contributed by atoms with E-state index in [9.17, 15) is 15.0 Å². The molecule has 0 saturated heterocycles. The third-order valence-electron chi connectivity index (χ3n) is 4.43. The van der Waals surface area contributed by atoms with E-state index in [1.165, 1.54) is 19.3 Å². The molecule has 0 rings (SSSR count). The Kier molecular flexibility index (Phi) is 18.8. The van der Waals surface area contributed by atoms with Crippen molar-refractivity contribution in [1.82, 2.24) is 0 Å². The lowest BCUT2D eigenvalue weighted by Gasteiger charge is -2.16. The van der Waals surface area contributed by atoms with Crippen molar-refractivity contribution in [2.75, 3.05) is 13.2 Å². The SMILES string of the molecule is CCCCC/C=C\C/C=C\C/C=C\CC(O)C(O)CCCC(=O)OC(CO)CO. The monoisotopic (exact) mass is 412 g/mol. The average Bonchev–Trinajstić information content (AvgIpc) is 2.72. The molecule has 168 valence electrons. The number of hydrogen-bond donors (Lipinski definition) is 4. The lowest BCUT2D eigenvalue weighted by Crippen LogP contribution is -2.27. The van der Waals surface area contributed by atoms with Gasteiger partial charge in [0.1, 0.15) is 6.10 Å². The number of hydrogen-bond acceptors (Lipinski definition) is 6.